The highest BCUT2D eigenvalue weighted by Crippen LogP contribution is 2.38. The molecule has 1 N–H and O–H groups in total. The molecule has 2 aromatic rings. The minimum absolute atomic E-state index is 0.609. The molecule has 0 saturated heterocycles. The van der Waals surface area contributed by atoms with Crippen LogP contribution in [-0.2, 0) is 6.54 Å². The van der Waals surface area contributed by atoms with Crippen molar-refractivity contribution < 1.29 is 14.2 Å². The molecule has 0 fully saturated rings. The maximum Gasteiger partial charge on any atom is 0.203 e. The lowest BCUT2D eigenvalue weighted by Gasteiger charge is -2.15. The Hall–Kier alpha value is -1.63. The minimum atomic E-state index is 0.609. The Labute approximate surface area is 138 Å². The van der Waals surface area contributed by atoms with Crippen LogP contribution in [0, 0.1) is 3.57 Å². The van der Waals surface area contributed by atoms with E-state index >= 15 is 0 Å². The summed E-state index contributed by atoms with van der Waals surface area (Å²) in [6, 6.07) is 12.1. The number of halogens is 1. The van der Waals surface area contributed by atoms with Gasteiger partial charge in [0.05, 0.1) is 21.3 Å². The van der Waals surface area contributed by atoms with Gasteiger partial charge in [0.25, 0.3) is 0 Å². The van der Waals surface area contributed by atoms with E-state index in [1.54, 1.807) is 21.3 Å². The van der Waals surface area contributed by atoms with Crippen molar-refractivity contribution in [1.82, 2.24) is 0 Å². The monoisotopic (exact) mass is 399 g/mol. The zero-order valence-electron chi connectivity index (χ0n) is 12.3. The topological polar surface area (TPSA) is 39.7 Å². The molecule has 0 aliphatic rings. The highest BCUT2D eigenvalue weighted by molar-refractivity contribution is 14.1. The first-order valence-electron chi connectivity index (χ1n) is 6.47. The van der Waals surface area contributed by atoms with Gasteiger partial charge in [-0.2, -0.15) is 0 Å². The fourth-order valence-electron chi connectivity index (χ4n) is 2.04. The molecule has 0 bridgehead atoms. The number of ether oxygens (including phenoxy) is 3. The van der Waals surface area contributed by atoms with Crippen molar-refractivity contribution in [3.8, 4) is 17.2 Å². The largest absolute Gasteiger partial charge is 0.493 e. The smallest absolute Gasteiger partial charge is 0.203 e. The van der Waals surface area contributed by atoms with Crippen molar-refractivity contribution in [1.29, 1.82) is 0 Å². The summed E-state index contributed by atoms with van der Waals surface area (Å²) in [5, 5.41) is 3.41. The molecule has 0 aliphatic carbocycles. The van der Waals surface area contributed by atoms with Crippen molar-refractivity contribution in [2.75, 3.05) is 26.6 Å². The van der Waals surface area contributed by atoms with Gasteiger partial charge < -0.3 is 19.5 Å². The number of hydrogen-bond acceptors (Lipinski definition) is 4. The average Bonchev–Trinajstić information content (AvgIpc) is 2.52. The van der Waals surface area contributed by atoms with Crippen molar-refractivity contribution in [3.05, 3.63) is 45.5 Å². The van der Waals surface area contributed by atoms with Gasteiger partial charge in [0.1, 0.15) is 0 Å². The van der Waals surface area contributed by atoms with E-state index in [2.05, 4.69) is 40.0 Å². The zero-order valence-corrected chi connectivity index (χ0v) is 14.4. The van der Waals surface area contributed by atoms with Gasteiger partial charge in [-0.3, -0.25) is 0 Å². The summed E-state index contributed by atoms with van der Waals surface area (Å²) in [4.78, 5) is 0. The fourth-order valence-corrected chi connectivity index (χ4v) is 2.62. The molecule has 21 heavy (non-hydrogen) atoms. The lowest BCUT2D eigenvalue weighted by Crippen LogP contribution is -2.03. The summed E-state index contributed by atoms with van der Waals surface area (Å²) in [5.74, 6) is 1.94. The van der Waals surface area contributed by atoms with Crippen LogP contribution in [0.15, 0.2) is 36.4 Å². The van der Waals surface area contributed by atoms with Crippen LogP contribution in [0.2, 0.25) is 0 Å². The van der Waals surface area contributed by atoms with Crippen LogP contribution in [0.5, 0.6) is 17.2 Å². The number of para-hydroxylation sites is 1. The normalized spacial score (nSPS) is 10.1. The number of rotatable bonds is 6. The van der Waals surface area contributed by atoms with Gasteiger partial charge >= 0.3 is 0 Å². The molecule has 4 nitrogen and oxygen atoms in total. The number of anilines is 1. The van der Waals surface area contributed by atoms with Crippen molar-refractivity contribution in [2.45, 2.75) is 6.54 Å². The quantitative estimate of drug-likeness (QED) is 0.748. The molecule has 0 spiro atoms. The molecule has 2 rings (SSSR count). The predicted octanol–water partition coefficient (Wildman–Crippen LogP) is 3.93. The molecule has 0 radical (unpaired) electrons. The van der Waals surface area contributed by atoms with Crippen LogP contribution < -0.4 is 19.5 Å². The van der Waals surface area contributed by atoms with Gasteiger partial charge in [0, 0.05) is 15.8 Å². The Morgan fingerprint density at radius 2 is 1.57 bits per heavy atom. The second-order valence-electron chi connectivity index (χ2n) is 4.37. The molecule has 0 heterocycles. The summed E-state index contributed by atoms with van der Waals surface area (Å²) in [7, 11) is 4.84. The Morgan fingerprint density at radius 1 is 0.952 bits per heavy atom. The average molecular weight is 399 g/mol. The van der Waals surface area contributed by atoms with Crippen LogP contribution >= 0.6 is 22.6 Å². The first kappa shape index (κ1) is 15.8. The summed E-state index contributed by atoms with van der Waals surface area (Å²) < 4.78 is 17.2. The second kappa shape index (κ2) is 7.40. The van der Waals surface area contributed by atoms with Crippen molar-refractivity contribution in [2.24, 2.45) is 0 Å². The number of benzene rings is 2. The van der Waals surface area contributed by atoms with E-state index in [4.69, 9.17) is 14.2 Å². The molecule has 0 aromatic heterocycles. The van der Waals surface area contributed by atoms with Gasteiger partial charge in [-0.25, -0.2) is 0 Å². The van der Waals surface area contributed by atoms with Crippen LogP contribution in [0.3, 0.4) is 0 Å². The van der Waals surface area contributed by atoms with Gasteiger partial charge in [0.15, 0.2) is 11.5 Å². The number of methoxy groups -OCH3 is 3. The van der Waals surface area contributed by atoms with E-state index in [-0.39, 0.29) is 0 Å². The standard InChI is InChI=1S/C16H18INO3/c1-19-14-8-11(9-15(20-2)16(14)21-3)10-18-13-7-5-4-6-12(13)17/h4-9,18H,10H2,1-3H3. The molecule has 0 amide bonds. The minimum Gasteiger partial charge on any atom is -0.493 e. The van der Waals surface area contributed by atoms with E-state index in [0.717, 1.165) is 11.3 Å². The molecular formula is C16H18INO3. The lowest BCUT2D eigenvalue weighted by atomic mass is 10.1. The summed E-state index contributed by atoms with van der Waals surface area (Å²) in [5.41, 5.74) is 2.16. The second-order valence-corrected chi connectivity index (χ2v) is 5.53. The Balaban J connectivity index is 2.22. The third kappa shape index (κ3) is 3.72. The number of hydrogen-bond donors (Lipinski definition) is 1. The maximum absolute atomic E-state index is 5.36. The van der Waals surface area contributed by atoms with Crippen LogP contribution in [0.1, 0.15) is 5.56 Å². The Bertz CT molecular complexity index is 591. The van der Waals surface area contributed by atoms with Crippen molar-refractivity contribution >= 4 is 28.3 Å². The molecule has 0 unspecified atom stereocenters. The molecular weight excluding hydrogens is 381 g/mol. The van der Waals surface area contributed by atoms with E-state index in [1.165, 1.54) is 3.57 Å². The van der Waals surface area contributed by atoms with Gasteiger partial charge in [-0.1, -0.05) is 12.1 Å². The van der Waals surface area contributed by atoms with Crippen molar-refractivity contribution in [3.63, 3.8) is 0 Å². The number of nitrogens with one attached hydrogen (secondary N) is 1. The first-order chi connectivity index (χ1) is 10.2. The molecule has 0 saturated carbocycles. The Kier molecular flexibility index (Phi) is 5.55. The van der Waals surface area contributed by atoms with E-state index in [9.17, 15) is 0 Å². The van der Waals surface area contributed by atoms with Crippen LogP contribution in [-0.4, -0.2) is 21.3 Å². The van der Waals surface area contributed by atoms with Crippen LogP contribution in [0.25, 0.3) is 0 Å². The SMILES string of the molecule is COc1cc(CNc2ccccc2I)cc(OC)c1OC. The van der Waals surface area contributed by atoms with Gasteiger partial charge in [-0.15, -0.1) is 0 Å². The molecule has 0 aliphatic heterocycles. The molecule has 0 atom stereocenters. The third-order valence-corrected chi connectivity index (χ3v) is 4.02. The first-order valence-corrected chi connectivity index (χ1v) is 7.54. The third-order valence-electron chi connectivity index (χ3n) is 3.08. The zero-order chi connectivity index (χ0) is 15.2. The molecule has 112 valence electrons. The fraction of sp³-hybridized carbons (Fsp3) is 0.250. The van der Waals surface area contributed by atoms with Gasteiger partial charge in [0.2, 0.25) is 5.75 Å². The Morgan fingerprint density at radius 3 is 2.10 bits per heavy atom. The molecule has 5 heteroatoms. The van der Waals surface area contributed by atoms with E-state index < -0.39 is 0 Å². The predicted molar refractivity (Wildman–Crippen MR) is 92.6 cm³/mol. The highest BCUT2D eigenvalue weighted by Gasteiger charge is 2.13. The van der Waals surface area contributed by atoms with E-state index in [1.807, 2.05) is 24.3 Å². The summed E-state index contributed by atoms with van der Waals surface area (Å²) >= 11 is 2.31. The maximum atomic E-state index is 5.36. The summed E-state index contributed by atoms with van der Waals surface area (Å²) in [6.45, 7) is 0.677. The van der Waals surface area contributed by atoms with Crippen LogP contribution in [0.4, 0.5) is 5.69 Å². The molecule has 2 aromatic carbocycles. The van der Waals surface area contributed by atoms with E-state index in [0.29, 0.717) is 23.8 Å². The summed E-state index contributed by atoms with van der Waals surface area (Å²) in [6.07, 6.45) is 0. The lowest BCUT2D eigenvalue weighted by molar-refractivity contribution is 0.324. The highest BCUT2D eigenvalue weighted by atomic mass is 127. The van der Waals surface area contributed by atoms with Gasteiger partial charge in [-0.05, 0) is 52.4 Å².